The van der Waals surface area contributed by atoms with Gasteiger partial charge in [-0.2, -0.15) is 0 Å². The molecular weight excluding hydrogens is 190 g/mol. The molecule has 2 N–H and O–H groups in total. The first-order valence-corrected chi connectivity index (χ1v) is 5.75. The molecule has 4 heteroatoms. The van der Waals surface area contributed by atoms with E-state index >= 15 is 0 Å². The molecule has 15 heavy (non-hydrogen) atoms. The number of carbonyl (C=O) groups is 1. The molecule has 0 spiro atoms. The van der Waals surface area contributed by atoms with E-state index in [0.717, 1.165) is 32.6 Å². The first-order valence-electron chi connectivity index (χ1n) is 5.75. The number of hydrogen-bond acceptors (Lipinski definition) is 3. The van der Waals surface area contributed by atoms with Gasteiger partial charge in [-0.1, -0.05) is 13.8 Å². The summed E-state index contributed by atoms with van der Waals surface area (Å²) >= 11 is 0. The maximum absolute atomic E-state index is 12.0. The van der Waals surface area contributed by atoms with Crippen molar-refractivity contribution in [1.82, 2.24) is 9.80 Å². The molecule has 4 nitrogen and oxygen atoms in total. The van der Waals surface area contributed by atoms with Crippen LogP contribution in [0.25, 0.3) is 0 Å². The predicted molar refractivity (Wildman–Crippen MR) is 61.5 cm³/mol. The Kier molecular flexibility index (Phi) is 4.54. The van der Waals surface area contributed by atoms with Crippen LogP contribution in [0, 0.1) is 5.92 Å². The zero-order valence-corrected chi connectivity index (χ0v) is 10.1. The lowest BCUT2D eigenvalue weighted by Crippen LogP contribution is -2.47. The Morgan fingerprint density at radius 3 is 2.47 bits per heavy atom. The van der Waals surface area contributed by atoms with Crippen LogP contribution in [0.5, 0.6) is 0 Å². The third-order valence-corrected chi connectivity index (χ3v) is 3.03. The molecule has 88 valence electrons. The van der Waals surface area contributed by atoms with Gasteiger partial charge in [-0.3, -0.25) is 4.79 Å². The monoisotopic (exact) mass is 213 g/mol. The minimum atomic E-state index is -0.339. The molecular formula is C11H23N3O. The van der Waals surface area contributed by atoms with Gasteiger partial charge in [0.15, 0.2) is 0 Å². The number of hydrogen-bond donors (Lipinski definition) is 1. The van der Waals surface area contributed by atoms with Gasteiger partial charge in [0.2, 0.25) is 5.91 Å². The van der Waals surface area contributed by atoms with E-state index in [4.69, 9.17) is 5.73 Å². The van der Waals surface area contributed by atoms with Crippen molar-refractivity contribution in [3.8, 4) is 0 Å². The zero-order valence-electron chi connectivity index (χ0n) is 10.1. The van der Waals surface area contributed by atoms with Crippen LogP contribution in [0.4, 0.5) is 0 Å². The maximum Gasteiger partial charge on any atom is 0.239 e. The Morgan fingerprint density at radius 2 is 1.87 bits per heavy atom. The van der Waals surface area contributed by atoms with Gasteiger partial charge in [0.05, 0.1) is 6.04 Å². The van der Waals surface area contributed by atoms with Crippen molar-refractivity contribution >= 4 is 5.91 Å². The molecule has 0 bridgehead atoms. The minimum absolute atomic E-state index is 0.111. The van der Waals surface area contributed by atoms with Gasteiger partial charge in [-0.05, 0) is 25.9 Å². The topological polar surface area (TPSA) is 49.6 Å². The standard InChI is InChI=1S/C11H23N3O/c1-9(2)10(12)11(15)14-6-4-5-13(3)7-8-14/h9-10H,4-8,12H2,1-3H3/t10-/m0/s1. The van der Waals surface area contributed by atoms with Gasteiger partial charge >= 0.3 is 0 Å². The zero-order chi connectivity index (χ0) is 11.4. The summed E-state index contributed by atoms with van der Waals surface area (Å²) in [5, 5.41) is 0. The highest BCUT2D eigenvalue weighted by Crippen LogP contribution is 2.07. The first kappa shape index (κ1) is 12.5. The highest BCUT2D eigenvalue weighted by Gasteiger charge is 2.24. The molecule has 1 rings (SSSR count). The average Bonchev–Trinajstić information content (AvgIpc) is 2.40. The van der Waals surface area contributed by atoms with E-state index in [9.17, 15) is 4.79 Å². The van der Waals surface area contributed by atoms with Gasteiger partial charge in [0, 0.05) is 19.6 Å². The largest absolute Gasteiger partial charge is 0.340 e. The third-order valence-electron chi connectivity index (χ3n) is 3.03. The van der Waals surface area contributed by atoms with Crippen molar-refractivity contribution in [1.29, 1.82) is 0 Å². The van der Waals surface area contributed by atoms with Crippen molar-refractivity contribution < 1.29 is 4.79 Å². The minimum Gasteiger partial charge on any atom is -0.340 e. The van der Waals surface area contributed by atoms with Crippen molar-refractivity contribution in [2.24, 2.45) is 11.7 Å². The highest BCUT2D eigenvalue weighted by molar-refractivity contribution is 5.81. The molecule has 1 atom stereocenters. The number of rotatable bonds is 2. The SMILES string of the molecule is CC(C)[C@H](N)C(=O)N1CCCN(C)CC1. The van der Waals surface area contributed by atoms with Gasteiger partial charge < -0.3 is 15.5 Å². The van der Waals surface area contributed by atoms with Gasteiger partial charge in [-0.15, -0.1) is 0 Å². The van der Waals surface area contributed by atoms with Gasteiger partial charge in [-0.25, -0.2) is 0 Å². The number of amides is 1. The van der Waals surface area contributed by atoms with Crippen molar-refractivity contribution in [2.45, 2.75) is 26.3 Å². The van der Waals surface area contributed by atoms with Crippen LogP contribution in [0.15, 0.2) is 0 Å². The van der Waals surface area contributed by atoms with E-state index in [0.29, 0.717) is 0 Å². The summed E-state index contributed by atoms with van der Waals surface area (Å²) in [5.41, 5.74) is 5.87. The molecule has 0 saturated carbocycles. The second kappa shape index (κ2) is 5.47. The molecule has 0 aromatic heterocycles. The molecule has 1 fully saturated rings. The molecule has 1 heterocycles. The Hall–Kier alpha value is -0.610. The van der Waals surface area contributed by atoms with E-state index in [-0.39, 0.29) is 17.9 Å². The van der Waals surface area contributed by atoms with E-state index in [1.54, 1.807) is 0 Å². The fraction of sp³-hybridized carbons (Fsp3) is 0.909. The van der Waals surface area contributed by atoms with E-state index in [2.05, 4.69) is 11.9 Å². The van der Waals surface area contributed by atoms with Gasteiger partial charge in [0.1, 0.15) is 0 Å². The summed E-state index contributed by atoms with van der Waals surface area (Å²) in [6, 6.07) is -0.339. The summed E-state index contributed by atoms with van der Waals surface area (Å²) in [6.45, 7) is 7.68. The summed E-state index contributed by atoms with van der Waals surface area (Å²) in [7, 11) is 2.09. The van der Waals surface area contributed by atoms with Crippen LogP contribution in [-0.2, 0) is 4.79 Å². The van der Waals surface area contributed by atoms with Crippen molar-refractivity contribution in [2.75, 3.05) is 33.2 Å². The smallest absolute Gasteiger partial charge is 0.239 e. The van der Waals surface area contributed by atoms with Crippen LogP contribution >= 0.6 is 0 Å². The Balaban J connectivity index is 2.52. The fourth-order valence-electron chi connectivity index (χ4n) is 1.76. The number of nitrogens with zero attached hydrogens (tertiary/aromatic N) is 2. The van der Waals surface area contributed by atoms with Crippen LogP contribution in [0.3, 0.4) is 0 Å². The molecule has 0 unspecified atom stereocenters. The van der Waals surface area contributed by atoms with Crippen LogP contribution < -0.4 is 5.73 Å². The molecule has 0 aliphatic carbocycles. The lowest BCUT2D eigenvalue weighted by atomic mass is 10.0. The van der Waals surface area contributed by atoms with E-state index < -0.39 is 0 Å². The van der Waals surface area contributed by atoms with E-state index in [1.807, 2.05) is 18.7 Å². The Bertz CT molecular complexity index is 218. The lowest BCUT2D eigenvalue weighted by Gasteiger charge is -2.25. The molecule has 1 aliphatic heterocycles. The Labute approximate surface area is 92.4 Å². The van der Waals surface area contributed by atoms with Crippen LogP contribution in [-0.4, -0.2) is 55.0 Å². The number of nitrogens with two attached hydrogens (primary N) is 1. The molecule has 0 radical (unpaired) electrons. The highest BCUT2D eigenvalue weighted by atomic mass is 16.2. The number of carbonyl (C=O) groups excluding carboxylic acids is 1. The third kappa shape index (κ3) is 3.47. The van der Waals surface area contributed by atoms with Crippen molar-refractivity contribution in [3.63, 3.8) is 0 Å². The first-order chi connectivity index (χ1) is 7.02. The van der Waals surface area contributed by atoms with Crippen LogP contribution in [0.1, 0.15) is 20.3 Å². The summed E-state index contributed by atoms with van der Waals surface area (Å²) in [4.78, 5) is 16.2. The molecule has 0 aromatic carbocycles. The van der Waals surface area contributed by atoms with Crippen molar-refractivity contribution in [3.05, 3.63) is 0 Å². The van der Waals surface area contributed by atoms with Gasteiger partial charge in [0.25, 0.3) is 0 Å². The maximum atomic E-state index is 12.0. The lowest BCUT2D eigenvalue weighted by molar-refractivity contribution is -0.133. The Morgan fingerprint density at radius 1 is 1.20 bits per heavy atom. The molecule has 1 aliphatic rings. The quantitative estimate of drug-likeness (QED) is 0.709. The summed E-state index contributed by atoms with van der Waals surface area (Å²) in [5.74, 6) is 0.332. The predicted octanol–water partition coefficient (Wildman–Crippen LogP) is 0.134. The molecule has 1 amide bonds. The summed E-state index contributed by atoms with van der Waals surface area (Å²) < 4.78 is 0. The normalized spacial score (nSPS) is 21.5. The van der Waals surface area contributed by atoms with E-state index in [1.165, 1.54) is 0 Å². The van der Waals surface area contributed by atoms with Crippen LogP contribution in [0.2, 0.25) is 0 Å². The second-order valence-electron chi connectivity index (χ2n) is 4.75. The number of likely N-dealkylation sites (N-methyl/N-ethyl adjacent to an activating group) is 1. The fourth-order valence-corrected chi connectivity index (χ4v) is 1.76. The summed E-state index contributed by atoms with van der Waals surface area (Å²) in [6.07, 6.45) is 1.05. The second-order valence-corrected chi connectivity index (χ2v) is 4.75. The molecule has 0 aromatic rings. The average molecular weight is 213 g/mol. The molecule has 1 saturated heterocycles.